The fourth-order valence-electron chi connectivity index (χ4n) is 4.56. The molecule has 1 aliphatic carbocycles. The van der Waals surface area contributed by atoms with E-state index in [2.05, 4.69) is 24.1 Å². The van der Waals surface area contributed by atoms with Crippen LogP contribution in [0.25, 0.3) is 0 Å². The SMILES string of the molecule is CC[C@@H](C)CNC(=O)[C@H](C1CCCC1)N1CCN(C(=O)c2ccc(C)cc2)CC1. The lowest BCUT2D eigenvalue weighted by atomic mass is 9.94. The molecule has 0 bridgehead atoms. The van der Waals surface area contributed by atoms with Crippen LogP contribution in [0.5, 0.6) is 0 Å². The topological polar surface area (TPSA) is 52.7 Å². The molecular weight excluding hydrogens is 362 g/mol. The van der Waals surface area contributed by atoms with Gasteiger partial charge in [-0.25, -0.2) is 0 Å². The maximum Gasteiger partial charge on any atom is 0.253 e. The number of hydrogen-bond donors (Lipinski definition) is 1. The molecule has 1 saturated carbocycles. The van der Waals surface area contributed by atoms with Gasteiger partial charge in [0.15, 0.2) is 0 Å². The standard InChI is InChI=1S/C24H37N3O2/c1-4-18(2)17-25-23(28)22(20-7-5-6-8-20)26-13-15-27(16-14-26)24(29)21-11-9-19(3)10-12-21/h9-12,18,20,22H,4-8,13-17H2,1-3H3,(H,25,28)/t18-,22+/m1/s1. The van der Waals surface area contributed by atoms with Gasteiger partial charge >= 0.3 is 0 Å². The van der Waals surface area contributed by atoms with Gasteiger partial charge in [-0.05, 0) is 43.7 Å². The van der Waals surface area contributed by atoms with Crippen LogP contribution < -0.4 is 5.32 Å². The molecule has 0 unspecified atom stereocenters. The first-order chi connectivity index (χ1) is 14.0. The number of piperazine rings is 1. The van der Waals surface area contributed by atoms with Gasteiger partial charge in [0.05, 0.1) is 6.04 Å². The lowest BCUT2D eigenvalue weighted by Gasteiger charge is -2.41. The summed E-state index contributed by atoms with van der Waals surface area (Å²) in [4.78, 5) is 30.2. The first kappa shape index (κ1) is 21.8. The summed E-state index contributed by atoms with van der Waals surface area (Å²) in [5.74, 6) is 1.25. The van der Waals surface area contributed by atoms with Gasteiger partial charge in [-0.2, -0.15) is 0 Å². The molecular formula is C24H37N3O2. The number of carbonyl (C=O) groups is 2. The third-order valence-corrected chi connectivity index (χ3v) is 6.73. The van der Waals surface area contributed by atoms with E-state index in [0.717, 1.165) is 50.0 Å². The molecule has 1 aromatic carbocycles. The summed E-state index contributed by atoms with van der Waals surface area (Å²) in [6.45, 7) is 10.1. The predicted octanol–water partition coefficient (Wildman–Crippen LogP) is 3.47. The molecule has 1 heterocycles. The lowest BCUT2D eigenvalue weighted by Crippen LogP contribution is -2.58. The van der Waals surface area contributed by atoms with E-state index in [0.29, 0.717) is 24.9 Å². The van der Waals surface area contributed by atoms with Crippen LogP contribution in [0.1, 0.15) is 61.9 Å². The molecule has 2 amide bonds. The van der Waals surface area contributed by atoms with Crippen molar-refractivity contribution in [3.8, 4) is 0 Å². The van der Waals surface area contributed by atoms with Gasteiger partial charge in [0.2, 0.25) is 5.91 Å². The van der Waals surface area contributed by atoms with Gasteiger partial charge in [-0.3, -0.25) is 14.5 Å². The Hall–Kier alpha value is -1.88. The Morgan fingerprint density at radius 1 is 1.07 bits per heavy atom. The predicted molar refractivity (Wildman–Crippen MR) is 117 cm³/mol. The Morgan fingerprint density at radius 2 is 1.69 bits per heavy atom. The van der Waals surface area contributed by atoms with E-state index in [-0.39, 0.29) is 17.9 Å². The second kappa shape index (κ2) is 10.2. The quantitative estimate of drug-likeness (QED) is 0.764. The smallest absolute Gasteiger partial charge is 0.253 e. The lowest BCUT2D eigenvalue weighted by molar-refractivity contribution is -0.129. The van der Waals surface area contributed by atoms with Crippen molar-refractivity contribution >= 4 is 11.8 Å². The molecule has 5 nitrogen and oxygen atoms in total. The summed E-state index contributed by atoms with van der Waals surface area (Å²) in [5.41, 5.74) is 1.91. The average molecular weight is 400 g/mol. The Balaban J connectivity index is 1.61. The zero-order valence-electron chi connectivity index (χ0n) is 18.3. The van der Waals surface area contributed by atoms with Crippen LogP contribution in [0, 0.1) is 18.8 Å². The Labute approximate surface area is 175 Å². The molecule has 0 spiro atoms. The van der Waals surface area contributed by atoms with Crippen LogP contribution in [-0.2, 0) is 4.79 Å². The Kier molecular flexibility index (Phi) is 7.70. The van der Waals surface area contributed by atoms with Crippen molar-refractivity contribution in [3.63, 3.8) is 0 Å². The Bertz CT molecular complexity index is 674. The number of rotatable bonds is 7. The molecule has 2 atom stereocenters. The van der Waals surface area contributed by atoms with Crippen molar-refractivity contribution < 1.29 is 9.59 Å². The fourth-order valence-corrected chi connectivity index (χ4v) is 4.56. The molecule has 0 radical (unpaired) electrons. The third-order valence-electron chi connectivity index (χ3n) is 6.73. The first-order valence-electron chi connectivity index (χ1n) is 11.4. The van der Waals surface area contributed by atoms with Gasteiger partial charge in [-0.1, -0.05) is 50.8 Å². The highest BCUT2D eigenvalue weighted by molar-refractivity contribution is 5.94. The summed E-state index contributed by atoms with van der Waals surface area (Å²) in [5, 5.41) is 3.21. The summed E-state index contributed by atoms with van der Waals surface area (Å²) < 4.78 is 0. The Morgan fingerprint density at radius 3 is 2.28 bits per heavy atom. The molecule has 3 rings (SSSR count). The van der Waals surface area contributed by atoms with Crippen LogP contribution in [0.15, 0.2) is 24.3 Å². The minimum atomic E-state index is -0.0433. The zero-order chi connectivity index (χ0) is 20.8. The third kappa shape index (κ3) is 5.59. The van der Waals surface area contributed by atoms with Gasteiger partial charge in [0.25, 0.3) is 5.91 Å². The van der Waals surface area contributed by atoms with E-state index in [1.54, 1.807) is 0 Å². The van der Waals surface area contributed by atoms with E-state index in [4.69, 9.17) is 0 Å². The van der Waals surface area contributed by atoms with E-state index in [9.17, 15) is 9.59 Å². The summed E-state index contributed by atoms with van der Waals surface area (Å²) in [6.07, 6.45) is 5.82. The summed E-state index contributed by atoms with van der Waals surface area (Å²) in [7, 11) is 0. The normalized spacial score (nSPS) is 20.4. The van der Waals surface area contributed by atoms with Crippen LogP contribution in [0.3, 0.4) is 0 Å². The molecule has 1 saturated heterocycles. The maximum atomic E-state index is 13.1. The molecule has 1 aromatic rings. The minimum Gasteiger partial charge on any atom is -0.354 e. The van der Waals surface area contributed by atoms with Crippen molar-refractivity contribution in [2.24, 2.45) is 11.8 Å². The van der Waals surface area contributed by atoms with Crippen LogP contribution in [-0.4, -0.2) is 60.4 Å². The number of aryl methyl sites for hydroxylation is 1. The highest BCUT2D eigenvalue weighted by Gasteiger charge is 2.37. The monoisotopic (exact) mass is 399 g/mol. The fraction of sp³-hybridized carbons (Fsp3) is 0.667. The number of amides is 2. The maximum absolute atomic E-state index is 13.1. The first-order valence-corrected chi connectivity index (χ1v) is 11.4. The minimum absolute atomic E-state index is 0.0433. The van der Waals surface area contributed by atoms with Crippen LogP contribution >= 0.6 is 0 Å². The average Bonchev–Trinajstić information content (AvgIpc) is 3.27. The molecule has 1 aliphatic heterocycles. The van der Waals surface area contributed by atoms with E-state index in [1.165, 1.54) is 12.8 Å². The molecule has 2 fully saturated rings. The van der Waals surface area contributed by atoms with Gasteiger partial charge in [0.1, 0.15) is 0 Å². The van der Waals surface area contributed by atoms with Crippen molar-refractivity contribution in [2.45, 2.75) is 58.9 Å². The zero-order valence-corrected chi connectivity index (χ0v) is 18.3. The molecule has 0 aromatic heterocycles. The van der Waals surface area contributed by atoms with Crippen molar-refractivity contribution in [3.05, 3.63) is 35.4 Å². The second-order valence-corrected chi connectivity index (χ2v) is 8.94. The van der Waals surface area contributed by atoms with E-state index in [1.807, 2.05) is 36.1 Å². The largest absolute Gasteiger partial charge is 0.354 e. The van der Waals surface area contributed by atoms with Gasteiger partial charge in [0, 0.05) is 38.3 Å². The summed E-state index contributed by atoms with van der Waals surface area (Å²) in [6, 6.07) is 7.75. The van der Waals surface area contributed by atoms with Crippen molar-refractivity contribution in [1.82, 2.24) is 15.1 Å². The number of nitrogens with zero attached hydrogens (tertiary/aromatic N) is 2. The highest BCUT2D eigenvalue weighted by atomic mass is 16.2. The second-order valence-electron chi connectivity index (χ2n) is 8.94. The van der Waals surface area contributed by atoms with E-state index < -0.39 is 0 Å². The molecule has 1 N–H and O–H groups in total. The number of benzene rings is 1. The van der Waals surface area contributed by atoms with E-state index >= 15 is 0 Å². The van der Waals surface area contributed by atoms with Crippen molar-refractivity contribution in [1.29, 1.82) is 0 Å². The summed E-state index contributed by atoms with van der Waals surface area (Å²) >= 11 is 0. The molecule has 160 valence electrons. The number of nitrogens with one attached hydrogen (secondary N) is 1. The highest BCUT2D eigenvalue weighted by Crippen LogP contribution is 2.31. The molecule has 2 aliphatic rings. The van der Waals surface area contributed by atoms with Crippen LogP contribution in [0.2, 0.25) is 0 Å². The molecule has 5 heteroatoms. The number of hydrogen-bond acceptors (Lipinski definition) is 3. The van der Waals surface area contributed by atoms with Gasteiger partial charge in [-0.15, -0.1) is 0 Å². The van der Waals surface area contributed by atoms with Crippen molar-refractivity contribution in [2.75, 3.05) is 32.7 Å². The van der Waals surface area contributed by atoms with Gasteiger partial charge < -0.3 is 10.2 Å². The van der Waals surface area contributed by atoms with Crippen LogP contribution in [0.4, 0.5) is 0 Å². The number of carbonyl (C=O) groups excluding carboxylic acids is 2. The molecule has 29 heavy (non-hydrogen) atoms.